The van der Waals surface area contributed by atoms with Crippen molar-refractivity contribution in [2.75, 3.05) is 35.7 Å². The van der Waals surface area contributed by atoms with Crippen LogP contribution >= 0.6 is 11.5 Å². The molecule has 7 heteroatoms. The zero-order valence-electron chi connectivity index (χ0n) is 12.7. The molecule has 3 heterocycles. The van der Waals surface area contributed by atoms with E-state index in [-0.39, 0.29) is 5.91 Å². The van der Waals surface area contributed by atoms with Crippen molar-refractivity contribution in [2.24, 2.45) is 0 Å². The lowest BCUT2D eigenvalue weighted by atomic mass is 10.2. The van der Waals surface area contributed by atoms with Crippen LogP contribution in [0.25, 0.3) is 0 Å². The minimum atomic E-state index is -0.161. The number of carbonyl (C=O) groups is 1. The Bertz CT molecular complexity index is 661. The Morgan fingerprint density at radius 3 is 2.73 bits per heavy atom. The van der Waals surface area contributed by atoms with Gasteiger partial charge in [0.1, 0.15) is 10.8 Å². The Morgan fingerprint density at radius 1 is 1.32 bits per heavy atom. The molecule has 1 saturated heterocycles. The highest BCUT2D eigenvalue weighted by molar-refractivity contribution is 7.10. The fourth-order valence-electron chi connectivity index (χ4n) is 2.59. The van der Waals surface area contributed by atoms with E-state index >= 15 is 0 Å². The lowest BCUT2D eigenvalue weighted by Gasteiger charge is -2.16. The summed E-state index contributed by atoms with van der Waals surface area (Å²) in [5, 5.41) is 6.66. The van der Waals surface area contributed by atoms with E-state index in [0.29, 0.717) is 11.3 Å². The molecule has 0 aromatic carbocycles. The van der Waals surface area contributed by atoms with E-state index in [1.54, 1.807) is 13.2 Å². The first-order valence-corrected chi connectivity index (χ1v) is 8.13. The van der Waals surface area contributed by atoms with Gasteiger partial charge in [-0.2, -0.15) is 4.37 Å². The lowest BCUT2D eigenvalue weighted by molar-refractivity contribution is 0.102. The molecule has 0 bridgehead atoms. The van der Waals surface area contributed by atoms with Crippen LogP contribution in [-0.4, -0.2) is 35.4 Å². The number of amides is 1. The Hall–Kier alpha value is -2.15. The van der Waals surface area contributed by atoms with Gasteiger partial charge in [-0.25, -0.2) is 4.98 Å². The van der Waals surface area contributed by atoms with Crippen LogP contribution in [-0.2, 0) is 0 Å². The topological polar surface area (TPSA) is 70.2 Å². The highest BCUT2D eigenvalue weighted by Gasteiger charge is 2.18. The largest absolute Gasteiger partial charge is 0.378 e. The molecule has 0 saturated carbocycles. The average Bonchev–Trinajstić information content (AvgIpc) is 3.17. The van der Waals surface area contributed by atoms with Gasteiger partial charge in [0, 0.05) is 20.1 Å². The molecule has 1 fully saturated rings. The van der Waals surface area contributed by atoms with Gasteiger partial charge in [-0.05, 0) is 43.4 Å². The predicted molar refractivity (Wildman–Crippen MR) is 90.0 cm³/mol. The fraction of sp³-hybridized carbons (Fsp3) is 0.400. The Balaban J connectivity index is 1.72. The quantitative estimate of drug-likeness (QED) is 0.907. The molecule has 2 aromatic rings. The van der Waals surface area contributed by atoms with Crippen LogP contribution in [0.3, 0.4) is 0 Å². The van der Waals surface area contributed by atoms with Gasteiger partial charge in [0.05, 0.1) is 23.1 Å². The number of anilines is 3. The lowest BCUT2D eigenvalue weighted by Crippen LogP contribution is -2.19. The predicted octanol–water partition coefficient (Wildman–Crippen LogP) is 2.74. The number of aromatic nitrogens is 2. The number of nitrogens with zero attached hydrogens (tertiary/aromatic N) is 3. The fourth-order valence-corrected chi connectivity index (χ4v) is 3.34. The van der Waals surface area contributed by atoms with Crippen molar-refractivity contribution in [1.29, 1.82) is 0 Å². The molecule has 2 aromatic heterocycles. The van der Waals surface area contributed by atoms with Gasteiger partial charge in [-0.3, -0.25) is 4.79 Å². The monoisotopic (exact) mass is 317 g/mol. The SMILES string of the molecule is CNc1snc(C)c1C(=O)Nc1ccc(N2CCCC2)nc1. The van der Waals surface area contributed by atoms with Crippen molar-refractivity contribution in [1.82, 2.24) is 9.36 Å². The minimum Gasteiger partial charge on any atom is -0.378 e. The normalized spacial score (nSPS) is 14.2. The molecule has 1 aliphatic rings. The molecule has 22 heavy (non-hydrogen) atoms. The van der Waals surface area contributed by atoms with Crippen LogP contribution in [0.4, 0.5) is 16.5 Å². The third kappa shape index (κ3) is 2.89. The highest BCUT2D eigenvalue weighted by atomic mass is 32.1. The van der Waals surface area contributed by atoms with Crippen LogP contribution in [0.1, 0.15) is 28.9 Å². The summed E-state index contributed by atoms with van der Waals surface area (Å²) in [6, 6.07) is 3.85. The summed E-state index contributed by atoms with van der Waals surface area (Å²) in [7, 11) is 1.79. The van der Waals surface area contributed by atoms with Crippen LogP contribution in [0.5, 0.6) is 0 Å². The summed E-state index contributed by atoms with van der Waals surface area (Å²) in [5.74, 6) is 0.811. The van der Waals surface area contributed by atoms with Gasteiger partial charge < -0.3 is 15.5 Å². The van der Waals surface area contributed by atoms with E-state index in [1.165, 1.54) is 24.4 Å². The second kappa shape index (κ2) is 6.31. The number of hydrogen-bond acceptors (Lipinski definition) is 6. The number of hydrogen-bond donors (Lipinski definition) is 2. The van der Waals surface area contributed by atoms with E-state index in [4.69, 9.17) is 0 Å². The maximum absolute atomic E-state index is 12.4. The standard InChI is InChI=1S/C15H19N5OS/c1-10-13(15(16-2)22-19-10)14(21)18-11-5-6-12(17-9-11)20-7-3-4-8-20/h5-6,9,16H,3-4,7-8H2,1-2H3,(H,18,21). The molecule has 3 rings (SSSR count). The summed E-state index contributed by atoms with van der Waals surface area (Å²) in [4.78, 5) is 19.1. The summed E-state index contributed by atoms with van der Waals surface area (Å²) >= 11 is 1.29. The zero-order valence-corrected chi connectivity index (χ0v) is 13.5. The van der Waals surface area contributed by atoms with Gasteiger partial charge in [0.2, 0.25) is 0 Å². The summed E-state index contributed by atoms with van der Waals surface area (Å²) in [6.07, 6.45) is 4.15. The van der Waals surface area contributed by atoms with Gasteiger partial charge in [-0.1, -0.05) is 0 Å². The summed E-state index contributed by atoms with van der Waals surface area (Å²) in [6.45, 7) is 3.95. The van der Waals surface area contributed by atoms with E-state index in [2.05, 4.69) is 24.9 Å². The van der Waals surface area contributed by atoms with Crippen LogP contribution in [0.15, 0.2) is 18.3 Å². The van der Waals surface area contributed by atoms with Gasteiger partial charge in [-0.15, -0.1) is 0 Å². The van der Waals surface area contributed by atoms with E-state index in [1.807, 2.05) is 19.1 Å². The highest BCUT2D eigenvalue weighted by Crippen LogP contribution is 2.25. The van der Waals surface area contributed by atoms with Crippen LogP contribution in [0.2, 0.25) is 0 Å². The second-order valence-corrected chi connectivity index (χ2v) is 6.05. The van der Waals surface area contributed by atoms with Crippen molar-refractivity contribution >= 4 is 33.9 Å². The molecular weight excluding hydrogens is 298 g/mol. The first kappa shape index (κ1) is 14.8. The molecule has 1 aliphatic heterocycles. The zero-order chi connectivity index (χ0) is 15.5. The molecule has 116 valence electrons. The Morgan fingerprint density at radius 2 is 2.09 bits per heavy atom. The number of carbonyl (C=O) groups excluding carboxylic acids is 1. The van der Waals surface area contributed by atoms with Gasteiger partial charge in [0.15, 0.2) is 0 Å². The molecule has 0 atom stereocenters. The Kier molecular flexibility index (Phi) is 4.24. The number of aryl methyl sites for hydroxylation is 1. The van der Waals surface area contributed by atoms with E-state index in [9.17, 15) is 4.79 Å². The summed E-state index contributed by atoms with van der Waals surface area (Å²) < 4.78 is 4.21. The smallest absolute Gasteiger partial charge is 0.260 e. The van der Waals surface area contributed by atoms with Crippen molar-refractivity contribution in [3.8, 4) is 0 Å². The Labute approximate surface area is 133 Å². The van der Waals surface area contributed by atoms with E-state index < -0.39 is 0 Å². The summed E-state index contributed by atoms with van der Waals surface area (Å²) in [5.41, 5.74) is 2.02. The molecule has 0 radical (unpaired) electrons. The molecular formula is C15H19N5OS. The molecule has 2 N–H and O–H groups in total. The van der Waals surface area contributed by atoms with E-state index in [0.717, 1.165) is 29.6 Å². The van der Waals surface area contributed by atoms with Crippen molar-refractivity contribution in [2.45, 2.75) is 19.8 Å². The van der Waals surface area contributed by atoms with Crippen LogP contribution in [0, 0.1) is 6.92 Å². The first-order chi connectivity index (χ1) is 10.7. The first-order valence-electron chi connectivity index (χ1n) is 7.35. The second-order valence-electron chi connectivity index (χ2n) is 5.28. The van der Waals surface area contributed by atoms with Gasteiger partial charge >= 0.3 is 0 Å². The van der Waals surface area contributed by atoms with Crippen LogP contribution < -0.4 is 15.5 Å². The average molecular weight is 317 g/mol. The van der Waals surface area contributed by atoms with Gasteiger partial charge in [0.25, 0.3) is 5.91 Å². The third-order valence-corrected chi connectivity index (χ3v) is 4.71. The third-order valence-electron chi connectivity index (χ3n) is 3.75. The molecule has 6 nitrogen and oxygen atoms in total. The molecule has 0 aliphatic carbocycles. The maximum atomic E-state index is 12.4. The van der Waals surface area contributed by atoms with Crippen molar-refractivity contribution < 1.29 is 4.79 Å². The molecule has 0 spiro atoms. The van der Waals surface area contributed by atoms with Crippen molar-refractivity contribution in [3.05, 3.63) is 29.6 Å². The number of rotatable bonds is 4. The molecule has 0 unspecified atom stereocenters. The molecule has 1 amide bonds. The maximum Gasteiger partial charge on any atom is 0.260 e. The van der Waals surface area contributed by atoms with Crippen molar-refractivity contribution in [3.63, 3.8) is 0 Å². The number of nitrogens with one attached hydrogen (secondary N) is 2. The minimum absolute atomic E-state index is 0.161. The number of pyridine rings is 1.